The molecule has 0 saturated heterocycles. The lowest BCUT2D eigenvalue weighted by Crippen LogP contribution is -2.23. The smallest absolute Gasteiger partial charge is 0.0942 e. The predicted octanol–water partition coefficient (Wildman–Crippen LogP) is 17.0. The van der Waals surface area contributed by atoms with Crippen molar-refractivity contribution in [3.05, 3.63) is 288 Å². The van der Waals surface area contributed by atoms with Crippen molar-refractivity contribution in [1.29, 1.82) is 0 Å². The second-order valence-electron chi connectivity index (χ2n) is 18.4. The highest BCUT2D eigenvalue weighted by atomic mass is 16.5. The molecule has 0 fully saturated rings. The summed E-state index contributed by atoms with van der Waals surface area (Å²) in [5.74, 6) is -0.422. The molecular weight excluding hydrogens is 889 g/mol. The second-order valence-corrected chi connectivity index (χ2v) is 18.4. The van der Waals surface area contributed by atoms with Gasteiger partial charge in [0.15, 0.2) is 0 Å². The minimum atomic E-state index is -0.427. The van der Waals surface area contributed by atoms with Crippen LogP contribution in [0.1, 0.15) is 57.4 Å². The molecule has 4 N–H and O–H groups in total. The van der Waals surface area contributed by atoms with Gasteiger partial charge in [-0.15, -0.1) is 0 Å². The summed E-state index contributed by atoms with van der Waals surface area (Å²) in [7, 11) is 7.92. The lowest BCUT2D eigenvalue weighted by atomic mass is 9.80. The molecule has 0 aromatic heterocycles. The number of hydrogen-bond acceptors (Lipinski definition) is 5. The summed E-state index contributed by atoms with van der Waals surface area (Å²) in [6, 6.07) is 92.1. The van der Waals surface area contributed by atoms with Crippen molar-refractivity contribution in [2.24, 2.45) is 0 Å². The number of rotatable bonds is 18. The van der Waals surface area contributed by atoms with Crippen LogP contribution in [0.15, 0.2) is 255 Å². The SMILES string of the molecule is CNc1ccccc1-c1ccc(C(c2ccc(-c3ccccc3NC)cc2)C(OC(c2ccccc2)C(c2ccc(-c3ccccc3NC)cc2)c2ccc(-c3ccccc3NC)cc2)c2ccccc2)cc1. The Morgan fingerprint density at radius 3 is 0.685 bits per heavy atom. The maximum absolute atomic E-state index is 8.13. The first kappa shape index (κ1) is 48.0. The molecule has 5 nitrogen and oxygen atoms in total. The normalized spacial score (nSPS) is 12.0. The molecule has 0 aliphatic heterocycles. The van der Waals surface area contributed by atoms with Gasteiger partial charge in [0.1, 0.15) is 0 Å². The third-order valence-corrected chi connectivity index (χ3v) is 14.3. The van der Waals surface area contributed by atoms with E-state index in [1.807, 2.05) is 28.2 Å². The average Bonchev–Trinajstić information content (AvgIpc) is 3.47. The van der Waals surface area contributed by atoms with Crippen molar-refractivity contribution >= 4 is 22.7 Å². The van der Waals surface area contributed by atoms with Gasteiger partial charge in [0.2, 0.25) is 0 Å². The molecule has 360 valence electrons. The van der Waals surface area contributed by atoms with Crippen molar-refractivity contribution in [2.45, 2.75) is 24.0 Å². The molecule has 73 heavy (non-hydrogen) atoms. The maximum Gasteiger partial charge on any atom is 0.0942 e. The first-order chi connectivity index (χ1) is 36.0. The van der Waals surface area contributed by atoms with Crippen LogP contribution >= 0.6 is 0 Å². The average molecular weight is 951 g/mol. The van der Waals surface area contributed by atoms with E-state index in [4.69, 9.17) is 4.74 Å². The molecule has 10 aromatic rings. The van der Waals surface area contributed by atoms with Gasteiger partial charge in [-0.05, 0) is 79.9 Å². The molecule has 5 heteroatoms. The van der Waals surface area contributed by atoms with Crippen molar-refractivity contribution in [3.63, 3.8) is 0 Å². The van der Waals surface area contributed by atoms with Crippen LogP contribution in [0.4, 0.5) is 22.7 Å². The summed E-state index contributed by atoms with van der Waals surface area (Å²) >= 11 is 0. The quantitative estimate of drug-likeness (QED) is 0.0690. The molecule has 10 rings (SSSR count). The van der Waals surface area contributed by atoms with Crippen LogP contribution in [0, 0.1) is 0 Å². The fourth-order valence-electron chi connectivity index (χ4n) is 10.5. The highest BCUT2D eigenvalue weighted by molar-refractivity contribution is 5.81. The highest BCUT2D eigenvalue weighted by Crippen LogP contribution is 2.49. The Morgan fingerprint density at radius 2 is 0.452 bits per heavy atom. The Kier molecular flexibility index (Phi) is 14.9. The largest absolute Gasteiger partial charge is 0.388 e. The van der Waals surface area contributed by atoms with E-state index >= 15 is 0 Å². The summed E-state index contributed by atoms with van der Waals surface area (Å²) < 4.78 is 8.13. The molecule has 0 saturated carbocycles. The maximum atomic E-state index is 8.13. The predicted molar refractivity (Wildman–Crippen MR) is 309 cm³/mol. The van der Waals surface area contributed by atoms with Gasteiger partial charge >= 0.3 is 0 Å². The van der Waals surface area contributed by atoms with Crippen molar-refractivity contribution < 1.29 is 4.74 Å². The van der Waals surface area contributed by atoms with E-state index in [0.29, 0.717) is 0 Å². The third-order valence-electron chi connectivity index (χ3n) is 14.3. The van der Waals surface area contributed by atoms with Gasteiger partial charge in [-0.1, -0.05) is 231 Å². The number of para-hydroxylation sites is 4. The topological polar surface area (TPSA) is 57.4 Å². The molecule has 2 atom stereocenters. The van der Waals surface area contributed by atoms with Crippen LogP contribution < -0.4 is 21.3 Å². The molecule has 0 spiro atoms. The standard InChI is InChI=1S/C68H62N4O/c1-69-61-27-15-11-23-57(61)47-31-39-51(40-32-47)65(52-41-33-48(34-42-52)58-24-12-16-28-62(58)70-2)67(55-19-7-5-8-20-55)73-68(56-21-9-6-10-22-56)66(53-43-35-49(36-44-53)59-25-13-17-29-63(59)71-3)54-45-37-50(38-46-54)60-26-14-18-30-64(60)72-4/h5-46,65-72H,1-4H3. The number of hydrogen-bond donors (Lipinski definition) is 4. The zero-order chi connectivity index (χ0) is 49.9. The summed E-state index contributed by atoms with van der Waals surface area (Å²) in [5.41, 5.74) is 20.4. The van der Waals surface area contributed by atoms with Crippen LogP contribution in [0.2, 0.25) is 0 Å². The van der Waals surface area contributed by atoms with Gasteiger partial charge in [-0.2, -0.15) is 0 Å². The molecular formula is C68H62N4O. The van der Waals surface area contributed by atoms with E-state index in [-0.39, 0.29) is 11.8 Å². The van der Waals surface area contributed by atoms with E-state index in [2.05, 4.69) is 276 Å². The molecule has 0 bridgehead atoms. The van der Waals surface area contributed by atoms with Crippen LogP contribution in [0.25, 0.3) is 44.5 Å². The summed E-state index contributed by atoms with van der Waals surface area (Å²) in [5, 5.41) is 13.6. The third kappa shape index (κ3) is 10.4. The fraction of sp³-hybridized carbons (Fsp3) is 0.118. The second kappa shape index (κ2) is 22.6. The molecule has 10 aromatic carbocycles. The monoisotopic (exact) mass is 950 g/mol. The molecule has 0 aliphatic carbocycles. The Hall–Kier alpha value is -8.64. The molecule has 0 aliphatic rings. The van der Waals surface area contributed by atoms with E-state index in [1.54, 1.807) is 0 Å². The Balaban J connectivity index is 1.15. The van der Waals surface area contributed by atoms with E-state index in [9.17, 15) is 0 Å². The summed E-state index contributed by atoms with van der Waals surface area (Å²) in [4.78, 5) is 0. The van der Waals surface area contributed by atoms with Crippen molar-refractivity contribution in [3.8, 4) is 44.5 Å². The van der Waals surface area contributed by atoms with E-state index in [1.165, 1.54) is 0 Å². The van der Waals surface area contributed by atoms with Gasteiger partial charge in [0.05, 0.1) is 12.2 Å². The Bertz CT molecular complexity index is 2950. The van der Waals surface area contributed by atoms with Crippen LogP contribution in [0.3, 0.4) is 0 Å². The van der Waals surface area contributed by atoms with Crippen molar-refractivity contribution in [1.82, 2.24) is 0 Å². The zero-order valence-electron chi connectivity index (χ0n) is 42.0. The highest BCUT2D eigenvalue weighted by Gasteiger charge is 2.36. The molecule has 0 radical (unpaired) electrons. The van der Waals surface area contributed by atoms with Gasteiger partial charge in [-0.25, -0.2) is 0 Å². The molecule has 0 amide bonds. The molecule has 0 heterocycles. The van der Waals surface area contributed by atoms with Gasteiger partial charge in [-0.3, -0.25) is 0 Å². The lowest BCUT2D eigenvalue weighted by molar-refractivity contribution is -0.0323. The van der Waals surface area contributed by atoms with Crippen LogP contribution in [-0.2, 0) is 4.74 Å². The Morgan fingerprint density at radius 1 is 0.233 bits per heavy atom. The number of ether oxygens (including phenoxy) is 1. The van der Waals surface area contributed by atoms with Gasteiger partial charge < -0.3 is 26.0 Å². The molecule has 2 unspecified atom stereocenters. The number of anilines is 4. The minimum Gasteiger partial charge on any atom is -0.388 e. The van der Waals surface area contributed by atoms with Crippen molar-refractivity contribution in [2.75, 3.05) is 49.5 Å². The van der Waals surface area contributed by atoms with E-state index in [0.717, 1.165) is 101 Å². The minimum absolute atomic E-state index is 0.211. The van der Waals surface area contributed by atoms with Gasteiger partial charge in [0, 0.05) is 85.0 Å². The fourth-order valence-corrected chi connectivity index (χ4v) is 10.5. The van der Waals surface area contributed by atoms with Crippen LogP contribution in [0.5, 0.6) is 0 Å². The van der Waals surface area contributed by atoms with E-state index < -0.39 is 12.2 Å². The first-order valence-corrected chi connectivity index (χ1v) is 25.3. The number of benzene rings is 10. The first-order valence-electron chi connectivity index (χ1n) is 25.3. The zero-order valence-corrected chi connectivity index (χ0v) is 42.0. The lowest BCUT2D eigenvalue weighted by Gasteiger charge is -2.36. The number of nitrogens with one attached hydrogen (secondary N) is 4. The summed E-state index contributed by atoms with van der Waals surface area (Å²) in [6.07, 6.45) is -0.855. The summed E-state index contributed by atoms with van der Waals surface area (Å²) in [6.45, 7) is 0. The van der Waals surface area contributed by atoms with Gasteiger partial charge in [0.25, 0.3) is 0 Å². The Labute approximate surface area is 431 Å². The van der Waals surface area contributed by atoms with Crippen LogP contribution in [-0.4, -0.2) is 28.2 Å².